The van der Waals surface area contributed by atoms with E-state index < -0.39 is 0 Å². The lowest BCUT2D eigenvalue weighted by molar-refractivity contribution is 1.53. The van der Waals surface area contributed by atoms with Crippen LogP contribution < -0.4 is 5.32 Å². The summed E-state index contributed by atoms with van der Waals surface area (Å²) in [5.41, 5.74) is 7.09. The maximum Gasteiger partial charge on any atom is 0.0384 e. The second kappa shape index (κ2) is 8.17. The van der Waals surface area contributed by atoms with Crippen LogP contribution in [0.5, 0.6) is 0 Å². The van der Waals surface area contributed by atoms with Crippen LogP contribution in [0.1, 0.15) is 0 Å². The highest BCUT2D eigenvalue weighted by atomic mass is 79.9. The van der Waals surface area contributed by atoms with Crippen molar-refractivity contribution in [3.05, 3.63) is 120 Å². The number of rotatable bonds is 4. The van der Waals surface area contributed by atoms with E-state index in [4.69, 9.17) is 0 Å². The van der Waals surface area contributed by atoms with Gasteiger partial charge in [0.1, 0.15) is 0 Å². The third-order valence-electron chi connectivity index (χ3n) is 5.34. The molecule has 0 aliphatic carbocycles. The van der Waals surface area contributed by atoms with Crippen LogP contribution in [0.25, 0.3) is 33.0 Å². The highest BCUT2D eigenvalue weighted by molar-refractivity contribution is 9.10. The first kappa shape index (κ1) is 18.7. The summed E-state index contributed by atoms with van der Waals surface area (Å²) in [5, 5.41) is 6.00. The Morgan fingerprint density at radius 2 is 1.00 bits per heavy atom. The van der Waals surface area contributed by atoms with Gasteiger partial charge in [-0.25, -0.2) is 0 Å². The van der Waals surface area contributed by atoms with Crippen LogP contribution in [0.4, 0.5) is 11.4 Å². The number of hydrogen-bond donors (Lipinski definition) is 1. The molecule has 0 bridgehead atoms. The standard InChI is InChI=1S/C28H20BrN/c29-24-14-18-26(19-15-24)30-25-16-12-21(13-17-25)20-8-10-23(11-9-20)28-7-3-5-22-4-1-2-6-27(22)28/h1-19,30H. The second-order valence-corrected chi connectivity index (χ2v) is 8.23. The average Bonchev–Trinajstić information content (AvgIpc) is 2.81. The first-order chi connectivity index (χ1) is 14.8. The number of halogens is 1. The molecule has 0 radical (unpaired) electrons. The molecule has 0 saturated carbocycles. The lowest BCUT2D eigenvalue weighted by Crippen LogP contribution is -1.89. The predicted octanol–water partition coefficient (Wildman–Crippen LogP) is 8.68. The summed E-state index contributed by atoms with van der Waals surface area (Å²) in [4.78, 5) is 0. The van der Waals surface area contributed by atoms with Gasteiger partial charge in [0, 0.05) is 15.8 Å². The first-order valence-electron chi connectivity index (χ1n) is 9.97. The number of hydrogen-bond acceptors (Lipinski definition) is 1. The third-order valence-corrected chi connectivity index (χ3v) is 5.87. The van der Waals surface area contributed by atoms with E-state index >= 15 is 0 Å². The van der Waals surface area contributed by atoms with Gasteiger partial charge in [-0.2, -0.15) is 0 Å². The van der Waals surface area contributed by atoms with Crippen molar-refractivity contribution < 1.29 is 0 Å². The minimum absolute atomic E-state index is 1.07. The fourth-order valence-electron chi connectivity index (χ4n) is 3.77. The highest BCUT2D eigenvalue weighted by Crippen LogP contribution is 2.31. The van der Waals surface area contributed by atoms with E-state index in [1.807, 2.05) is 12.1 Å². The zero-order valence-corrected chi connectivity index (χ0v) is 17.9. The minimum atomic E-state index is 1.07. The largest absolute Gasteiger partial charge is 0.356 e. The Hall–Kier alpha value is -3.36. The number of nitrogens with one attached hydrogen (secondary N) is 1. The van der Waals surface area contributed by atoms with Crippen LogP contribution in [-0.2, 0) is 0 Å². The van der Waals surface area contributed by atoms with Crippen molar-refractivity contribution in [3.8, 4) is 22.3 Å². The smallest absolute Gasteiger partial charge is 0.0384 e. The van der Waals surface area contributed by atoms with Crippen molar-refractivity contribution in [2.75, 3.05) is 5.32 Å². The Bertz CT molecular complexity index is 1280. The Kier molecular flexibility index (Phi) is 5.08. The normalized spacial score (nSPS) is 10.8. The summed E-state index contributed by atoms with van der Waals surface area (Å²) >= 11 is 3.47. The Balaban J connectivity index is 1.38. The molecule has 30 heavy (non-hydrogen) atoms. The maximum absolute atomic E-state index is 3.47. The van der Waals surface area contributed by atoms with Gasteiger partial charge in [0.05, 0.1) is 0 Å². The van der Waals surface area contributed by atoms with E-state index in [1.165, 1.54) is 33.0 Å². The van der Waals surface area contributed by atoms with Crippen LogP contribution >= 0.6 is 15.9 Å². The molecule has 1 nitrogen and oxygen atoms in total. The number of fused-ring (bicyclic) bond motifs is 1. The van der Waals surface area contributed by atoms with Gasteiger partial charge in [0.15, 0.2) is 0 Å². The first-order valence-corrected chi connectivity index (χ1v) is 10.8. The minimum Gasteiger partial charge on any atom is -0.356 e. The monoisotopic (exact) mass is 449 g/mol. The molecule has 0 amide bonds. The summed E-state index contributed by atoms with van der Waals surface area (Å²) in [6.45, 7) is 0. The number of benzene rings is 5. The molecule has 0 fully saturated rings. The maximum atomic E-state index is 3.47. The van der Waals surface area contributed by atoms with Gasteiger partial charge in [0.2, 0.25) is 0 Å². The molecule has 5 rings (SSSR count). The summed E-state index contributed by atoms with van der Waals surface area (Å²) in [5.74, 6) is 0. The molecule has 0 heterocycles. The molecule has 144 valence electrons. The Morgan fingerprint density at radius 1 is 0.467 bits per heavy atom. The lowest BCUT2D eigenvalue weighted by Gasteiger charge is -2.10. The molecule has 0 unspecified atom stereocenters. The van der Waals surface area contributed by atoms with Crippen molar-refractivity contribution in [2.24, 2.45) is 0 Å². The van der Waals surface area contributed by atoms with E-state index in [1.54, 1.807) is 0 Å². The van der Waals surface area contributed by atoms with Crippen molar-refractivity contribution in [2.45, 2.75) is 0 Å². The highest BCUT2D eigenvalue weighted by Gasteiger charge is 2.05. The van der Waals surface area contributed by atoms with Gasteiger partial charge in [0.25, 0.3) is 0 Å². The lowest BCUT2D eigenvalue weighted by atomic mass is 9.96. The molecule has 0 spiro atoms. The zero-order valence-electron chi connectivity index (χ0n) is 16.3. The van der Waals surface area contributed by atoms with Gasteiger partial charge < -0.3 is 5.32 Å². The average molecular weight is 450 g/mol. The van der Waals surface area contributed by atoms with Crippen LogP contribution in [-0.4, -0.2) is 0 Å². The molecule has 5 aromatic carbocycles. The molecule has 5 aromatic rings. The zero-order chi connectivity index (χ0) is 20.3. The fraction of sp³-hybridized carbons (Fsp3) is 0. The Morgan fingerprint density at radius 3 is 1.70 bits per heavy atom. The third kappa shape index (κ3) is 3.87. The molecule has 0 aromatic heterocycles. The summed E-state index contributed by atoms with van der Waals surface area (Å²) in [7, 11) is 0. The predicted molar refractivity (Wildman–Crippen MR) is 132 cm³/mol. The van der Waals surface area contributed by atoms with Gasteiger partial charge in [-0.05, 0) is 69.4 Å². The molecule has 0 atom stereocenters. The molecule has 2 heteroatoms. The van der Waals surface area contributed by atoms with Crippen LogP contribution in [0.15, 0.2) is 120 Å². The van der Waals surface area contributed by atoms with E-state index in [-0.39, 0.29) is 0 Å². The summed E-state index contributed by atoms with van der Waals surface area (Å²) in [6.07, 6.45) is 0. The van der Waals surface area contributed by atoms with Crippen LogP contribution in [0, 0.1) is 0 Å². The molecule has 0 aliphatic rings. The topological polar surface area (TPSA) is 12.0 Å². The molecular weight excluding hydrogens is 430 g/mol. The van der Waals surface area contributed by atoms with Crippen LogP contribution in [0.2, 0.25) is 0 Å². The van der Waals surface area contributed by atoms with Gasteiger partial charge in [-0.3, -0.25) is 0 Å². The van der Waals surface area contributed by atoms with Crippen molar-refractivity contribution in [1.29, 1.82) is 0 Å². The second-order valence-electron chi connectivity index (χ2n) is 7.31. The molecule has 0 saturated heterocycles. The quantitative estimate of drug-likeness (QED) is 0.289. The number of anilines is 2. The van der Waals surface area contributed by atoms with Crippen LogP contribution in [0.3, 0.4) is 0 Å². The molecule has 1 N–H and O–H groups in total. The SMILES string of the molecule is Brc1ccc(Nc2ccc(-c3ccc(-c4cccc5ccccc45)cc3)cc2)cc1. The van der Waals surface area contributed by atoms with E-state index in [0.717, 1.165) is 15.8 Å². The van der Waals surface area contributed by atoms with E-state index in [0.29, 0.717) is 0 Å². The fourth-order valence-corrected chi connectivity index (χ4v) is 4.03. The Labute approximate surface area is 185 Å². The van der Waals surface area contributed by atoms with Gasteiger partial charge in [-0.15, -0.1) is 0 Å². The van der Waals surface area contributed by atoms with Crippen molar-refractivity contribution >= 4 is 38.1 Å². The van der Waals surface area contributed by atoms with E-state index in [9.17, 15) is 0 Å². The summed E-state index contributed by atoms with van der Waals surface area (Å²) in [6, 6.07) is 40.6. The van der Waals surface area contributed by atoms with Gasteiger partial charge >= 0.3 is 0 Å². The molecular formula is C28H20BrN. The summed E-state index contributed by atoms with van der Waals surface area (Å²) < 4.78 is 1.08. The van der Waals surface area contributed by atoms with Gasteiger partial charge in [-0.1, -0.05) is 94.8 Å². The van der Waals surface area contributed by atoms with Crippen molar-refractivity contribution in [3.63, 3.8) is 0 Å². The van der Waals surface area contributed by atoms with Crippen molar-refractivity contribution in [1.82, 2.24) is 0 Å². The van der Waals surface area contributed by atoms with E-state index in [2.05, 4.69) is 124 Å². The molecule has 0 aliphatic heterocycles.